The monoisotopic (exact) mass is 402 g/mol. The summed E-state index contributed by atoms with van der Waals surface area (Å²) in [6.07, 6.45) is 1.62. The lowest BCUT2D eigenvalue weighted by Crippen LogP contribution is -1.94. The molecule has 0 unspecified atom stereocenters. The molecule has 0 spiro atoms. The largest absolute Gasteiger partial charge is 0.126 e. The number of benzene rings is 2. The van der Waals surface area contributed by atoms with E-state index in [1.807, 2.05) is 24.3 Å². The van der Waals surface area contributed by atoms with E-state index in [1.54, 1.807) is 11.8 Å². The fourth-order valence-electron chi connectivity index (χ4n) is 2.94. The Morgan fingerprint density at radius 2 is 1.04 bits per heavy atom. The molecule has 2 atom stereocenters. The first-order valence-electron chi connectivity index (χ1n) is 7.50. The average molecular weight is 404 g/mol. The molecule has 0 aliphatic heterocycles. The van der Waals surface area contributed by atoms with E-state index in [-0.39, 0.29) is 11.8 Å². The van der Waals surface area contributed by atoms with E-state index in [9.17, 15) is 0 Å². The molecule has 120 valence electrons. The van der Waals surface area contributed by atoms with Gasteiger partial charge in [0.25, 0.3) is 0 Å². The van der Waals surface area contributed by atoms with Gasteiger partial charge < -0.3 is 0 Å². The fourth-order valence-corrected chi connectivity index (χ4v) is 5.22. The van der Waals surface area contributed by atoms with Crippen molar-refractivity contribution in [3.05, 3.63) is 59.7 Å². The third-order valence-corrected chi connectivity index (χ3v) is 7.31. The first-order valence-corrected chi connectivity index (χ1v) is 9.83. The van der Waals surface area contributed by atoms with Gasteiger partial charge in [-0.05, 0) is 36.1 Å². The Morgan fingerprint density at radius 3 is 1.39 bits per heavy atom. The van der Waals surface area contributed by atoms with Crippen LogP contribution in [0.15, 0.2) is 58.3 Å². The molecule has 2 saturated carbocycles. The molecule has 0 heterocycles. The van der Waals surface area contributed by atoms with Crippen molar-refractivity contribution >= 4 is 58.2 Å². The molecular weight excluding hydrogens is 390 g/mol. The third kappa shape index (κ3) is 3.24. The van der Waals surface area contributed by atoms with Gasteiger partial charge in [-0.1, -0.05) is 48.2 Å². The standard InChI is InChI=1S/C18H14Cl4S/c19-17(20)9-13(17)11-5-1-3-7-15(11)23-16-8-4-2-6-12(16)14-10-18(14,21)22/h1-8,13-14H,9-10H2/t13-,14-/m1/s1. The minimum absolute atomic E-state index is 0.211. The van der Waals surface area contributed by atoms with Crippen LogP contribution in [0.2, 0.25) is 0 Å². The van der Waals surface area contributed by atoms with Crippen molar-refractivity contribution < 1.29 is 0 Å². The molecule has 2 fully saturated rings. The molecule has 0 N–H and O–H groups in total. The van der Waals surface area contributed by atoms with Gasteiger partial charge in [0.1, 0.15) is 8.67 Å². The van der Waals surface area contributed by atoms with Crippen LogP contribution in [0.1, 0.15) is 35.8 Å². The Bertz CT molecular complexity index is 693. The molecule has 0 nitrogen and oxygen atoms in total. The van der Waals surface area contributed by atoms with Crippen LogP contribution < -0.4 is 0 Å². The highest BCUT2D eigenvalue weighted by molar-refractivity contribution is 7.99. The highest BCUT2D eigenvalue weighted by Crippen LogP contribution is 2.63. The van der Waals surface area contributed by atoms with E-state index < -0.39 is 8.67 Å². The Labute approximate surface area is 160 Å². The van der Waals surface area contributed by atoms with Gasteiger partial charge in [0.2, 0.25) is 0 Å². The molecule has 4 rings (SSSR count). The van der Waals surface area contributed by atoms with Crippen LogP contribution in [-0.4, -0.2) is 8.67 Å². The summed E-state index contributed by atoms with van der Waals surface area (Å²) in [6, 6.07) is 16.7. The van der Waals surface area contributed by atoms with E-state index in [2.05, 4.69) is 24.3 Å². The summed E-state index contributed by atoms with van der Waals surface area (Å²) in [6.45, 7) is 0. The van der Waals surface area contributed by atoms with E-state index >= 15 is 0 Å². The van der Waals surface area contributed by atoms with Gasteiger partial charge in [0.15, 0.2) is 0 Å². The van der Waals surface area contributed by atoms with Gasteiger partial charge in [-0.15, -0.1) is 46.4 Å². The number of hydrogen-bond acceptors (Lipinski definition) is 1. The predicted molar refractivity (Wildman–Crippen MR) is 101 cm³/mol. The van der Waals surface area contributed by atoms with Crippen LogP contribution in [0.4, 0.5) is 0 Å². The molecule has 5 heteroatoms. The van der Waals surface area contributed by atoms with Crippen molar-refractivity contribution in [1.82, 2.24) is 0 Å². The Kier molecular flexibility index (Phi) is 4.10. The van der Waals surface area contributed by atoms with Crippen molar-refractivity contribution in [3.8, 4) is 0 Å². The Balaban J connectivity index is 1.65. The maximum absolute atomic E-state index is 6.27. The van der Waals surface area contributed by atoms with E-state index in [0.29, 0.717) is 0 Å². The van der Waals surface area contributed by atoms with Crippen molar-refractivity contribution in [2.75, 3.05) is 0 Å². The summed E-state index contributed by atoms with van der Waals surface area (Å²) < 4.78 is -1.23. The number of rotatable bonds is 4. The summed E-state index contributed by atoms with van der Waals surface area (Å²) in [7, 11) is 0. The molecular formula is C18H14Cl4S. The molecule has 2 aliphatic carbocycles. The van der Waals surface area contributed by atoms with E-state index in [1.165, 1.54) is 20.9 Å². The fraction of sp³-hybridized carbons (Fsp3) is 0.333. The zero-order valence-electron chi connectivity index (χ0n) is 12.1. The smallest absolute Gasteiger partial charge is 0.101 e. The first-order chi connectivity index (χ1) is 10.9. The second-order valence-corrected chi connectivity index (χ2v) is 10.4. The van der Waals surface area contributed by atoms with Gasteiger partial charge in [-0.25, -0.2) is 0 Å². The zero-order valence-corrected chi connectivity index (χ0v) is 15.9. The topological polar surface area (TPSA) is 0 Å². The molecule has 0 radical (unpaired) electrons. The third-order valence-electron chi connectivity index (χ3n) is 4.46. The average Bonchev–Trinajstić information content (AvgIpc) is 3.35. The summed E-state index contributed by atoms with van der Waals surface area (Å²) >= 11 is 26.8. The van der Waals surface area contributed by atoms with Crippen LogP contribution in [0.5, 0.6) is 0 Å². The van der Waals surface area contributed by atoms with Crippen LogP contribution >= 0.6 is 58.2 Å². The molecule has 0 saturated heterocycles. The second-order valence-electron chi connectivity index (χ2n) is 6.21. The summed E-state index contributed by atoms with van der Waals surface area (Å²) in [4.78, 5) is 2.40. The van der Waals surface area contributed by atoms with Crippen molar-refractivity contribution in [1.29, 1.82) is 0 Å². The molecule has 2 aromatic carbocycles. The molecule has 0 amide bonds. The molecule has 0 aromatic heterocycles. The SMILES string of the molecule is ClC1(Cl)C[C@@H]1c1ccccc1Sc1ccccc1[C@H]1CC1(Cl)Cl. The van der Waals surface area contributed by atoms with Crippen molar-refractivity contribution in [2.45, 2.75) is 43.1 Å². The van der Waals surface area contributed by atoms with Crippen LogP contribution in [0.25, 0.3) is 0 Å². The maximum Gasteiger partial charge on any atom is 0.126 e. The minimum atomic E-state index is -0.617. The lowest BCUT2D eigenvalue weighted by atomic mass is 10.1. The molecule has 23 heavy (non-hydrogen) atoms. The van der Waals surface area contributed by atoms with Gasteiger partial charge in [0.05, 0.1) is 0 Å². The normalized spacial score (nSPS) is 26.8. The highest BCUT2D eigenvalue weighted by Gasteiger charge is 2.54. The van der Waals surface area contributed by atoms with Crippen LogP contribution in [0, 0.1) is 0 Å². The van der Waals surface area contributed by atoms with Gasteiger partial charge in [-0.2, -0.15) is 0 Å². The molecule has 2 aliphatic rings. The van der Waals surface area contributed by atoms with Gasteiger partial charge in [0, 0.05) is 21.6 Å². The molecule has 2 aromatic rings. The van der Waals surface area contributed by atoms with Crippen LogP contribution in [-0.2, 0) is 0 Å². The highest BCUT2D eigenvalue weighted by atomic mass is 35.5. The zero-order chi connectivity index (χ0) is 16.2. The second kappa shape index (κ2) is 5.75. The van der Waals surface area contributed by atoms with Crippen LogP contribution in [0.3, 0.4) is 0 Å². The number of alkyl halides is 4. The lowest BCUT2D eigenvalue weighted by Gasteiger charge is -2.13. The Hall–Kier alpha value is -0.0500. The number of halogens is 4. The van der Waals surface area contributed by atoms with Crippen molar-refractivity contribution in [3.63, 3.8) is 0 Å². The van der Waals surface area contributed by atoms with E-state index in [0.717, 1.165) is 12.8 Å². The Morgan fingerprint density at radius 1 is 0.696 bits per heavy atom. The maximum atomic E-state index is 6.27. The van der Waals surface area contributed by atoms with Gasteiger partial charge in [-0.3, -0.25) is 0 Å². The van der Waals surface area contributed by atoms with Gasteiger partial charge >= 0.3 is 0 Å². The minimum Gasteiger partial charge on any atom is -0.101 e. The summed E-state index contributed by atoms with van der Waals surface area (Å²) in [5.74, 6) is 0.422. The number of hydrogen-bond donors (Lipinski definition) is 0. The van der Waals surface area contributed by atoms with E-state index in [4.69, 9.17) is 46.4 Å². The van der Waals surface area contributed by atoms with Crippen molar-refractivity contribution in [2.24, 2.45) is 0 Å². The summed E-state index contributed by atoms with van der Waals surface area (Å²) in [5, 5.41) is 0. The quantitative estimate of drug-likeness (QED) is 0.488. The summed E-state index contributed by atoms with van der Waals surface area (Å²) in [5.41, 5.74) is 2.44. The predicted octanol–water partition coefficient (Wildman–Crippen LogP) is 7.16. The lowest BCUT2D eigenvalue weighted by molar-refractivity contribution is 1.04. The first kappa shape index (κ1) is 16.4. The molecule has 0 bridgehead atoms.